The molecule has 2 aliphatic rings. The molecule has 0 spiro atoms. The Morgan fingerprint density at radius 3 is 2.55 bits per heavy atom. The van der Waals surface area contributed by atoms with Crippen LogP contribution < -0.4 is 10.2 Å². The van der Waals surface area contributed by atoms with Crippen LogP contribution in [0.1, 0.15) is 63.5 Å². The SMILES string of the molecule is C[C@@H]1CCCN(c2nc3ccccc3nc2[C@@H](C#N)C(=O)NC2CCCCC2)C1. The molecule has 2 aromatic rings. The molecule has 0 radical (unpaired) electrons. The molecule has 1 aromatic heterocycles. The molecule has 0 unspecified atom stereocenters. The molecule has 1 saturated carbocycles. The second-order valence-electron chi connectivity index (χ2n) is 8.52. The minimum atomic E-state index is -0.943. The van der Waals surface area contributed by atoms with Gasteiger partial charge < -0.3 is 10.2 Å². The van der Waals surface area contributed by atoms with Crippen molar-refractivity contribution in [3.63, 3.8) is 0 Å². The minimum absolute atomic E-state index is 0.166. The maximum Gasteiger partial charge on any atom is 0.243 e. The smallest absolute Gasteiger partial charge is 0.243 e. The van der Waals surface area contributed by atoms with Gasteiger partial charge >= 0.3 is 0 Å². The number of benzene rings is 1. The number of para-hydroxylation sites is 2. The first kappa shape index (κ1) is 19.6. The Morgan fingerprint density at radius 1 is 1.14 bits per heavy atom. The molecule has 0 bridgehead atoms. The highest BCUT2D eigenvalue weighted by Crippen LogP contribution is 2.30. The third-order valence-corrected chi connectivity index (χ3v) is 6.15. The first-order valence-electron chi connectivity index (χ1n) is 10.9. The highest BCUT2D eigenvalue weighted by Gasteiger charge is 2.31. The maximum absolute atomic E-state index is 13.1. The highest BCUT2D eigenvalue weighted by molar-refractivity contribution is 5.89. The lowest BCUT2D eigenvalue weighted by atomic mass is 9.94. The lowest BCUT2D eigenvalue weighted by Gasteiger charge is -2.33. The number of nitrogens with zero attached hydrogens (tertiary/aromatic N) is 4. The predicted octanol–water partition coefficient (Wildman–Crippen LogP) is 3.92. The van der Waals surface area contributed by atoms with E-state index in [4.69, 9.17) is 9.97 Å². The standard InChI is InChI=1S/C23H29N5O/c1-16-8-7-13-28(15-16)22-21(26-19-11-5-6-12-20(19)27-22)18(14-24)23(29)25-17-9-3-2-4-10-17/h5-6,11-12,16-18H,2-4,7-10,13,15H2,1H3,(H,25,29)/t16-,18-/m1/s1. The first-order chi connectivity index (χ1) is 14.2. The van der Waals surface area contributed by atoms with Gasteiger partial charge in [0, 0.05) is 19.1 Å². The zero-order valence-electron chi connectivity index (χ0n) is 17.1. The normalized spacial score (nSPS) is 21.5. The number of carbonyl (C=O) groups excluding carboxylic acids is 1. The van der Waals surface area contributed by atoms with E-state index < -0.39 is 5.92 Å². The average Bonchev–Trinajstić information content (AvgIpc) is 2.74. The van der Waals surface area contributed by atoms with E-state index in [1.807, 2.05) is 24.3 Å². The van der Waals surface area contributed by atoms with Gasteiger partial charge in [0.1, 0.15) is 5.69 Å². The summed E-state index contributed by atoms with van der Waals surface area (Å²) in [5.41, 5.74) is 2.02. The number of piperidine rings is 1. The van der Waals surface area contributed by atoms with Gasteiger partial charge in [-0.15, -0.1) is 0 Å². The summed E-state index contributed by atoms with van der Waals surface area (Å²) in [5.74, 6) is 0.0682. The molecule has 2 atom stereocenters. The number of nitrogens with one attached hydrogen (secondary N) is 1. The fourth-order valence-corrected chi connectivity index (χ4v) is 4.59. The fraction of sp³-hybridized carbons (Fsp3) is 0.565. The first-order valence-corrected chi connectivity index (χ1v) is 10.9. The van der Waals surface area contributed by atoms with Crippen LogP contribution in [-0.2, 0) is 4.79 Å². The lowest BCUT2D eigenvalue weighted by molar-refractivity contribution is -0.122. The number of aromatic nitrogens is 2. The van der Waals surface area contributed by atoms with Gasteiger partial charge in [0.05, 0.1) is 17.1 Å². The van der Waals surface area contributed by atoms with Crippen LogP contribution in [0.4, 0.5) is 5.82 Å². The average molecular weight is 392 g/mol. The Morgan fingerprint density at radius 2 is 1.86 bits per heavy atom. The van der Waals surface area contributed by atoms with E-state index in [9.17, 15) is 10.1 Å². The topological polar surface area (TPSA) is 81.9 Å². The molecule has 2 fully saturated rings. The summed E-state index contributed by atoms with van der Waals surface area (Å²) in [6, 6.07) is 10.1. The van der Waals surface area contributed by atoms with Gasteiger partial charge in [-0.05, 0) is 43.7 Å². The predicted molar refractivity (Wildman–Crippen MR) is 114 cm³/mol. The van der Waals surface area contributed by atoms with E-state index in [0.717, 1.165) is 56.2 Å². The Hall–Kier alpha value is -2.68. The summed E-state index contributed by atoms with van der Waals surface area (Å²) in [6.07, 6.45) is 7.75. The molecular formula is C23H29N5O. The molecule has 152 valence electrons. The molecule has 6 heteroatoms. The third kappa shape index (κ3) is 4.34. The quantitative estimate of drug-likeness (QED) is 0.854. The van der Waals surface area contributed by atoms with Gasteiger partial charge in [0.25, 0.3) is 0 Å². The molecule has 1 aromatic carbocycles. The van der Waals surface area contributed by atoms with Crippen LogP contribution >= 0.6 is 0 Å². The van der Waals surface area contributed by atoms with Gasteiger partial charge in [-0.3, -0.25) is 4.79 Å². The molecular weight excluding hydrogens is 362 g/mol. The van der Waals surface area contributed by atoms with E-state index >= 15 is 0 Å². The summed E-state index contributed by atoms with van der Waals surface area (Å²) in [4.78, 5) is 24.9. The molecule has 1 N–H and O–H groups in total. The fourth-order valence-electron chi connectivity index (χ4n) is 4.59. The van der Waals surface area contributed by atoms with Crippen LogP contribution in [0.5, 0.6) is 0 Å². The Bertz CT molecular complexity index is 915. The van der Waals surface area contributed by atoms with Crippen molar-refractivity contribution in [2.45, 2.75) is 63.8 Å². The Labute approximate surface area is 172 Å². The maximum atomic E-state index is 13.1. The van der Waals surface area contributed by atoms with Crippen molar-refractivity contribution in [1.82, 2.24) is 15.3 Å². The van der Waals surface area contributed by atoms with Gasteiger partial charge in [-0.1, -0.05) is 38.3 Å². The van der Waals surface area contributed by atoms with E-state index in [-0.39, 0.29) is 11.9 Å². The van der Waals surface area contributed by atoms with Crippen molar-refractivity contribution in [3.8, 4) is 6.07 Å². The van der Waals surface area contributed by atoms with Crippen molar-refractivity contribution in [2.24, 2.45) is 5.92 Å². The van der Waals surface area contributed by atoms with Crippen LogP contribution in [0.25, 0.3) is 11.0 Å². The molecule has 1 amide bonds. The number of nitriles is 1. The van der Waals surface area contributed by atoms with Crippen molar-refractivity contribution in [2.75, 3.05) is 18.0 Å². The number of anilines is 1. The molecule has 1 saturated heterocycles. The number of carbonyl (C=O) groups is 1. The van der Waals surface area contributed by atoms with Gasteiger partial charge in [-0.2, -0.15) is 5.26 Å². The largest absolute Gasteiger partial charge is 0.355 e. The van der Waals surface area contributed by atoms with E-state index in [2.05, 4.69) is 23.2 Å². The Kier molecular flexibility index (Phi) is 5.94. The van der Waals surface area contributed by atoms with Gasteiger partial charge in [-0.25, -0.2) is 9.97 Å². The lowest BCUT2D eigenvalue weighted by Crippen LogP contribution is -2.40. The summed E-state index contributed by atoms with van der Waals surface area (Å²) in [7, 11) is 0. The Balaban J connectivity index is 1.70. The summed E-state index contributed by atoms with van der Waals surface area (Å²) in [5, 5.41) is 13.0. The van der Waals surface area contributed by atoms with Crippen molar-refractivity contribution in [3.05, 3.63) is 30.0 Å². The molecule has 1 aliphatic heterocycles. The summed E-state index contributed by atoms with van der Waals surface area (Å²) in [6.45, 7) is 3.99. The number of fused-ring (bicyclic) bond motifs is 1. The number of rotatable bonds is 4. The second kappa shape index (κ2) is 8.77. The number of hydrogen-bond acceptors (Lipinski definition) is 5. The highest BCUT2D eigenvalue weighted by atomic mass is 16.2. The van der Waals surface area contributed by atoms with E-state index in [0.29, 0.717) is 17.4 Å². The summed E-state index contributed by atoms with van der Waals surface area (Å²) >= 11 is 0. The number of amides is 1. The summed E-state index contributed by atoms with van der Waals surface area (Å²) < 4.78 is 0. The van der Waals surface area contributed by atoms with Gasteiger partial charge in [0.15, 0.2) is 11.7 Å². The zero-order chi connectivity index (χ0) is 20.2. The monoisotopic (exact) mass is 391 g/mol. The van der Waals surface area contributed by atoms with Crippen LogP contribution in [-0.4, -0.2) is 35.0 Å². The molecule has 29 heavy (non-hydrogen) atoms. The van der Waals surface area contributed by atoms with Gasteiger partial charge in [0.2, 0.25) is 5.91 Å². The third-order valence-electron chi connectivity index (χ3n) is 6.15. The molecule has 6 nitrogen and oxygen atoms in total. The van der Waals surface area contributed by atoms with Crippen molar-refractivity contribution in [1.29, 1.82) is 5.26 Å². The minimum Gasteiger partial charge on any atom is -0.355 e. The molecule has 1 aliphatic carbocycles. The molecule has 2 heterocycles. The van der Waals surface area contributed by atoms with Crippen LogP contribution in [0.15, 0.2) is 24.3 Å². The van der Waals surface area contributed by atoms with E-state index in [1.54, 1.807) is 0 Å². The second-order valence-corrected chi connectivity index (χ2v) is 8.52. The number of hydrogen-bond donors (Lipinski definition) is 1. The van der Waals surface area contributed by atoms with Crippen molar-refractivity contribution < 1.29 is 4.79 Å². The van der Waals surface area contributed by atoms with E-state index in [1.165, 1.54) is 12.8 Å². The molecule has 4 rings (SSSR count). The zero-order valence-corrected chi connectivity index (χ0v) is 17.1. The van der Waals surface area contributed by atoms with Crippen LogP contribution in [0, 0.1) is 17.2 Å². The van der Waals surface area contributed by atoms with Crippen LogP contribution in [0.2, 0.25) is 0 Å². The van der Waals surface area contributed by atoms with Crippen LogP contribution in [0.3, 0.4) is 0 Å². The van der Waals surface area contributed by atoms with Crippen molar-refractivity contribution >= 4 is 22.8 Å².